The van der Waals surface area contributed by atoms with Gasteiger partial charge in [0.1, 0.15) is 0 Å². The second kappa shape index (κ2) is 6.24. The summed E-state index contributed by atoms with van der Waals surface area (Å²) >= 11 is 1.14. The van der Waals surface area contributed by atoms with Crippen molar-refractivity contribution in [1.29, 1.82) is 0 Å². The van der Waals surface area contributed by atoms with Crippen molar-refractivity contribution in [2.75, 3.05) is 17.3 Å². The van der Waals surface area contributed by atoms with Crippen LogP contribution in [0.2, 0.25) is 0 Å². The van der Waals surface area contributed by atoms with Gasteiger partial charge in [-0.15, -0.1) is 0 Å². The second-order valence-corrected chi connectivity index (χ2v) is 7.23. The predicted molar refractivity (Wildman–Crippen MR) is 69.7 cm³/mol. The minimum Gasteiger partial charge on any atom is -0.481 e. The standard InChI is InChI=1S/C10H16N2O4S2/c1-3-18(15,16)5-4-12-9(6-8(2)11-12)17-7-10(13)14/h6H,3-5,7H2,1-2H3,(H,13,14). The van der Waals surface area contributed by atoms with Gasteiger partial charge in [-0.25, -0.2) is 8.42 Å². The molecule has 0 unspecified atom stereocenters. The quantitative estimate of drug-likeness (QED) is 0.748. The fourth-order valence-electron chi connectivity index (χ4n) is 1.30. The van der Waals surface area contributed by atoms with E-state index in [9.17, 15) is 13.2 Å². The Balaban J connectivity index is 2.73. The number of aryl methyl sites for hydroxylation is 2. The highest BCUT2D eigenvalue weighted by Crippen LogP contribution is 2.19. The number of aliphatic carboxylic acids is 1. The van der Waals surface area contributed by atoms with Crippen molar-refractivity contribution >= 4 is 27.6 Å². The van der Waals surface area contributed by atoms with E-state index in [-0.39, 0.29) is 23.8 Å². The van der Waals surface area contributed by atoms with Gasteiger partial charge in [-0.1, -0.05) is 18.7 Å². The van der Waals surface area contributed by atoms with Crippen LogP contribution in [0.25, 0.3) is 0 Å². The van der Waals surface area contributed by atoms with Crippen LogP contribution in [0.5, 0.6) is 0 Å². The van der Waals surface area contributed by atoms with E-state index in [0.29, 0.717) is 5.03 Å². The Hall–Kier alpha value is -1.02. The van der Waals surface area contributed by atoms with Crippen LogP contribution in [0.4, 0.5) is 0 Å². The van der Waals surface area contributed by atoms with Crippen molar-refractivity contribution in [3.8, 4) is 0 Å². The molecule has 1 aromatic heterocycles. The number of aromatic nitrogens is 2. The van der Waals surface area contributed by atoms with Gasteiger partial charge in [0.25, 0.3) is 0 Å². The summed E-state index contributed by atoms with van der Waals surface area (Å²) in [6.07, 6.45) is 0. The lowest BCUT2D eigenvalue weighted by Crippen LogP contribution is -2.16. The van der Waals surface area contributed by atoms with Crippen LogP contribution in [0.1, 0.15) is 12.6 Å². The topological polar surface area (TPSA) is 89.3 Å². The van der Waals surface area contributed by atoms with Crippen molar-refractivity contribution in [1.82, 2.24) is 9.78 Å². The molecule has 1 heterocycles. The first-order chi connectivity index (χ1) is 8.34. The van der Waals surface area contributed by atoms with Gasteiger partial charge in [0.2, 0.25) is 0 Å². The molecule has 0 radical (unpaired) electrons. The normalized spacial score (nSPS) is 11.7. The summed E-state index contributed by atoms with van der Waals surface area (Å²) in [4.78, 5) is 10.5. The Morgan fingerprint density at radius 3 is 2.78 bits per heavy atom. The number of carbonyl (C=O) groups is 1. The van der Waals surface area contributed by atoms with E-state index in [0.717, 1.165) is 17.5 Å². The number of hydrogen-bond acceptors (Lipinski definition) is 5. The molecule has 0 aliphatic rings. The van der Waals surface area contributed by atoms with Gasteiger partial charge in [-0.2, -0.15) is 5.10 Å². The van der Waals surface area contributed by atoms with Crippen molar-refractivity contribution < 1.29 is 18.3 Å². The Morgan fingerprint density at radius 1 is 1.56 bits per heavy atom. The average molecular weight is 292 g/mol. The summed E-state index contributed by atoms with van der Waals surface area (Å²) < 4.78 is 24.4. The summed E-state index contributed by atoms with van der Waals surface area (Å²) in [5, 5.41) is 13.5. The second-order valence-electron chi connectivity index (χ2n) is 3.77. The maximum atomic E-state index is 11.4. The molecule has 0 aliphatic carbocycles. The largest absolute Gasteiger partial charge is 0.481 e. The van der Waals surface area contributed by atoms with Gasteiger partial charge >= 0.3 is 5.97 Å². The van der Waals surface area contributed by atoms with Gasteiger partial charge in [-0.05, 0) is 13.0 Å². The van der Waals surface area contributed by atoms with Crippen LogP contribution >= 0.6 is 11.8 Å². The van der Waals surface area contributed by atoms with Crippen molar-refractivity contribution in [3.05, 3.63) is 11.8 Å². The molecule has 0 fully saturated rings. The van der Waals surface area contributed by atoms with Crippen LogP contribution in [0.3, 0.4) is 0 Å². The molecule has 8 heteroatoms. The van der Waals surface area contributed by atoms with Gasteiger partial charge in [-0.3, -0.25) is 9.48 Å². The third-order valence-corrected chi connectivity index (χ3v) is 4.96. The Kier molecular flexibility index (Phi) is 5.21. The molecule has 1 aromatic rings. The first-order valence-electron chi connectivity index (χ1n) is 5.43. The van der Waals surface area contributed by atoms with E-state index in [1.807, 2.05) is 0 Å². The summed E-state index contributed by atoms with van der Waals surface area (Å²) in [6, 6.07) is 1.76. The van der Waals surface area contributed by atoms with Crippen LogP contribution < -0.4 is 0 Å². The summed E-state index contributed by atoms with van der Waals surface area (Å²) in [5.74, 6) is -0.853. The minimum atomic E-state index is -3.04. The van der Waals surface area contributed by atoms with Crippen molar-refractivity contribution in [2.45, 2.75) is 25.4 Å². The lowest BCUT2D eigenvalue weighted by Gasteiger charge is -2.06. The van der Waals surface area contributed by atoms with E-state index < -0.39 is 15.8 Å². The molecular weight excluding hydrogens is 276 g/mol. The van der Waals surface area contributed by atoms with Crippen LogP contribution in [-0.2, 0) is 21.2 Å². The van der Waals surface area contributed by atoms with Crippen LogP contribution in [-0.4, -0.2) is 46.5 Å². The van der Waals surface area contributed by atoms with E-state index in [1.165, 1.54) is 0 Å². The highest BCUT2D eigenvalue weighted by molar-refractivity contribution is 7.99. The molecule has 102 valence electrons. The predicted octanol–water partition coefficient (Wildman–Crippen LogP) is 0.803. The van der Waals surface area contributed by atoms with E-state index in [4.69, 9.17) is 5.11 Å². The number of hydrogen-bond donors (Lipinski definition) is 1. The number of rotatable bonds is 7. The van der Waals surface area contributed by atoms with Gasteiger partial charge in [0.05, 0.1) is 28.8 Å². The zero-order valence-electron chi connectivity index (χ0n) is 10.3. The molecule has 1 rings (SSSR count). The zero-order chi connectivity index (χ0) is 13.8. The zero-order valence-corrected chi connectivity index (χ0v) is 11.9. The highest BCUT2D eigenvalue weighted by Gasteiger charge is 2.12. The highest BCUT2D eigenvalue weighted by atomic mass is 32.2. The number of carboxylic acid groups (broad SMARTS) is 1. The first-order valence-corrected chi connectivity index (χ1v) is 8.24. The van der Waals surface area contributed by atoms with Gasteiger partial charge in [0.15, 0.2) is 9.84 Å². The fourth-order valence-corrected chi connectivity index (χ4v) is 2.85. The molecular formula is C10H16N2O4S2. The molecule has 0 spiro atoms. The van der Waals surface area contributed by atoms with Gasteiger partial charge in [0, 0.05) is 5.75 Å². The van der Waals surface area contributed by atoms with Gasteiger partial charge < -0.3 is 5.11 Å². The maximum Gasteiger partial charge on any atom is 0.313 e. The molecule has 6 nitrogen and oxygen atoms in total. The average Bonchev–Trinajstić information content (AvgIpc) is 2.65. The third kappa shape index (κ3) is 4.69. The molecule has 0 saturated heterocycles. The van der Waals surface area contributed by atoms with E-state index >= 15 is 0 Å². The smallest absolute Gasteiger partial charge is 0.313 e. The third-order valence-electron chi connectivity index (χ3n) is 2.26. The first kappa shape index (κ1) is 15.0. The van der Waals surface area contributed by atoms with Crippen molar-refractivity contribution in [2.24, 2.45) is 0 Å². The molecule has 18 heavy (non-hydrogen) atoms. The summed E-state index contributed by atoms with van der Waals surface area (Å²) in [7, 11) is -3.04. The number of carboxylic acids is 1. The number of sulfone groups is 1. The SMILES string of the molecule is CCS(=O)(=O)CCn1nc(C)cc1SCC(=O)O. The molecule has 0 saturated carbocycles. The Bertz CT molecular complexity index is 522. The van der Waals surface area contributed by atoms with Crippen LogP contribution in [0.15, 0.2) is 11.1 Å². The number of nitrogens with zero attached hydrogens (tertiary/aromatic N) is 2. The molecule has 0 amide bonds. The minimum absolute atomic E-state index is 0.0191. The van der Waals surface area contributed by atoms with E-state index in [1.54, 1.807) is 24.6 Å². The fraction of sp³-hybridized carbons (Fsp3) is 0.600. The molecule has 0 atom stereocenters. The van der Waals surface area contributed by atoms with Crippen LogP contribution in [0, 0.1) is 6.92 Å². The van der Waals surface area contributed by atoms with E-state index in [2.05, 4.69) is 5.10 Å². The summed E-state index contributed by atoms with van der Waals surface area (Å²) in [6.45, 7) is 3.64. The Morgan fingerprint density at radius 2 is 2.22 bits per heavy atom. The lowest BCUT2D eigenvalue weighted by atomic mass is 10.5. The maximum absolute atomic E-state index is 11.4. The summed E-state index contributed by atoms with van der Waals surface area (Å²) in [5.41, 5.74) is 0.747. The lowest BCUT2D eigenvalue weighted by molar-refractivity contribution is -0.133. The number of thioether (sulfide) groups is 1. The monoisotopic (exact) mass is 292 g/mol. The molecule has 0 aromatic carbocycles. The molecule has 0 bridgehead atoms. The Labute approximate surface area is 110 Å². The molecule has 1 N–H and O–H groups in total. The molecule has 0 aliphatic heterocycles. The van der Waals surface area contributed by atoms with Crippen molar-refractivity contribution in [3.63, 3.8) is 0 Å².